The monoisotopic (exact) mass is 281 g/mol. The summed E-state index contributed by atoms with van der Waals surface area (Å²) < 4.78 is 12.9. The molecule has 0 fully saturated rings. The van der Waals surface area contributed by atoms with E-state index in [1.54, 1.807) is 19.1 Å². The molecule has 0 saturated carbocycles. The van der Waals surface area contributed by atoms with Gasteiger partial charge in [0, 0.05) is 19.5 Å². The average Bonchev–Trinajstić information content (AvgIpc) is 2.40. The van der Waals surface area contributed by atoms with Crippen LogP contribution >= 0.6 is 0 Å². The van der Waals surface area contributed by atoms with E-state index in [1.165, 1.54) is 17.0 Å². The average molecular weight is 281 g/mol. The lowest BCUT2D eigenvalue weighted by Gasteiger charge is -2.24. The predicted molar refractivity (Wildman–Crippen MR) is 73.5 cm³/mol. The highest BCUT2D eigenvalue weighted by atomic mass is 19.1. The summed E-state index contributed by atoms with van der Waals surface area (Å²) in [4.78, 5) is 24.5. The van der Waals surface area contributed by atoms with E-state index >= 15 is 0 Å². The van der Waals surface area contributed by atoms with Gasteiger partial charge in [-0.25, -0.2) is 4.39 Å². The molecule has 1 aromatic carbocycles. The zero-order valence-electron chi connectivity index (χ0n) is 11.8. The molecule has 0 aliphatic rings. The van der Waals surface area contributed by atoms with Crippen molar-refractivity contribution in [3.8, 4) is 0 Å². The zero-order chi connectivity index (χ0) is 15.1. The van der Waals surface area contributed by atoms with Crippen LogP contribution in [0.1, 0.15) is 32.3 Å². The minimum Gasteiger partial charge on any atom is -0.481 e. The molecule has 0 aliphatic heterocycles. The summed E-state index contributed by atoms with van der Waals surface area (Å²) in [5.74, 6) is -1.97. The highest BCUT2D eigenvalue weighted by Crippen LogP contribution is 2.11. The lowest BCUT2D eigenvalue weighted by atomic mass is 10.1. The third-order valence-corrected chi connectivity index (χ3v) is 3.02. The number of aliphatic carboxylic acids is 1. The maximum absolute atomic E-state index is 12.9. The number of amides is 1. The van der Waals surface area contributed by atoms with Gasteiger partial charge in [0.15, 0.2) is 0 Å². The summed E-state index contributed by atoms with van der Waals surface area (Å²) in [6.07, 6.45) is 1.09. The van der Waals surface area contributed by atoms with Crippen LogP contribution in [-0.2, 0) is 16.1 Å². The SMILES string of the molecule is CCCC(=O)N(Cc1ccc(F)cc1)CC(C)C(=O)O. The van der Waals surface area contributed by atoms with E-state index in [0.717, 1.165) is 5.56 Å². The van der Waals surface area contributed by atoms with Gasteiger partial charge in [0.1, 0.15) is 5.82 Å². The first kappa shape index (κ1) is 16.1. The number of carbonyl (C=O) groups is 2. The highest BCUT2D eigenvalue weighted by Gasteiger charge is 2.20. The van der Waals surface area contributed by atoms with E-state index in [9.17, 15) is 14.0 Å². The van der Waals surface area contributed by atoms with Crippen molar-refractivity contribution in [1.29, 1.82) is 0 Å². The molecule has 1 unspecified atom stereocenters. The highest BCUT2D eigenvalue weighted by molar-refractivity contribution is 5.77. The van der Waals surface area contributed by atoms with Gasteiger partial charge in [-0.15, -0.1) is 0 Å². The van der Waals surface area contributed by atoms with E-state index in [0.29, 0.717) is 19.4 Å². The second-order valence-electron chi connectivity index (χ2n) is 4.89. The molecule has 1 rings (SSSR count). The van der Waals surface area contributed by atoms with Crippen molar-refractivity contribution < 1.29 is 19.1 Å². The normalized spacial score (nSPS) is 11.9. The molecular weight excluding hydrogens is 261 g/mol. The predicted octanol–water partition coefficient (Wildman–Crippen LogP) is 2.68. The van der Waals surface area contributed by atoms with E-state index in [1.807, 2.05) is 6.92 Å². The van der Waals surface area contributed by atoms with Crippen LogP contribution in [0.15, 0.2) is 24.3 Å². The fourth-order valence-electron chi connectivity index (χ4n) is 1.85. The Morgan fingerprint density at radius 2 is 1.90 bits per heavy atom. The number of halogens is 1. The fourth-order valence-corrected chi connectivity index (χ4v) is 1.85. The summed E-state index contributed by atoms with van der Waals surface area (Å²) in [7, 11) is 0. The van der Waals surface area contributed by atoms with Crippen molar-refractivity contribution >= 4 is 11.9 Å². The first-order valence-electron chi connectivity index (χ1n) is 6.69. The summed E-state index contributed by atoms with van der Waals surface area (Å²) in [5.41, 5.74) is 0.786. The molecule has 0 bridgehead atoms. The van der Waals surface area contributed by atoms with Crippen LogP contribution < -0.4 is 0 Å². The van der Waals surface area contributed by atoms with Crippen molar-refractivity contribution in [3.63, 3.8) is 0 Å². The van der Waals surface area contributed by atoms with Crippen molar-refractivity contribution in [2.75, 3.05) is 6.54 Å². The Morgan fingerprint density at radius 1 is 1.30 bits per heavy atom. The molecule has 110 valence electrons. The number of carboxylic acids is 1. The van der Waals surface area contributed by atoms with Crippen molar-refractivity contribution in [3.05, 3.63) is 35.6 Å². The standard InChI is InChI=1S/C15H20FNO3/c1-3-4-14(18)17(9-11(2)15(19)20)10-12-5-7-13(16)8-6-12/h5-8,11H,3-4,9-10H2,1-2H3,(H,19,20). The number of carbonyl (C=O) groups excluding carboxylic acids is 1. The van der Waals surface area contributed by atoms with Crippen LogP contribution in [0.5, 0.6) is 0 Å². The van der Waals surface area contributed by atoms with Crippen LogP contribution in [0.2, 0.25) is 0 Å². The van der Waals surface area contributed by atoms with E-state index in [-0.39, 0.29) is 18.3 Å². The topological polar surface area (TPSA) is 57.6 Å². The minimum atomic E-state index is -0.932. The summed E-state index contributed by atoms with van der Waals surface area (Å²) >= 11 is 0. The molecule has 0 radical (unpaired) electrons. The van der Waals surface area contributed by atoms with Gasteiger partial charge < -0.3 is 10.0 Å². The summed E-state index contributed by atoms with van der Waals surface area (Å²) in [5, 5.41) is 8.96. The molecule has 5 heteroatoms. The third kappa shape index (κ3) is 4.99. The molecule has 0 heterocycles. The number of carboxylic acid groups (broad SMARTS) is 1. The fraction of sp³-hybridized carbons (Fsp3) is 0.467. The Bertz CT molecular complexity index is 459. The Kier molecular flexibility index (Phi) is 6.15. The van der Waals surface area contributed by atoms with Gasteiger partial charge in [0.2, 0.25) is 5.91 Å². The molecule has 20 heavy (non-hydrogen) atoms. The lowest BCUT2D eigenvalue weighted by Crippen LogP contribution is -2.36. The minimum absolute atomic E-state index is 0.0788. The quantitative estimate of drug-likeness (QED) is 0.836. The molecule has 0 saturated heterocycles. The molecule has 1 amide bonds. The Balaban J connectivity index is 2.78. The van der Waals surface area contributed by atoms with E-state index in [2.05, 4.69) is 0 Å². The van der Waals surface area contributed by atoms with E-state index in [4.69, 9.17) is 5.11 Å². The molecule has 1 atom stereocenters. The van der Waals surface area contributed by atoms with Crippen molar-refractivity contribution in [2.24, 2.45) is 5.92 Å². The maximum atomic E-state index is 12.9. The van der Waals surface area contributed by atoms with Gasteiger partial charge in [0.05, 0.1) is 5.92 Å². The van der Waals surface area contributed by atoms with Gasteiger partial charge in [-0.2, -0.15) is 0 Å². The second kappa shape index (κ2) is 7.62. The van der Waals surface area contributed by atoms with Crippen LogP contribution in [0, 0.1) is 11.7 Å². The van der Waals surface area contributed by atoms with Gasteiger partial charge >= 0.3 is 5.97 Å². The number of hydrogen-bond acceptors (Lipinski definition) is 2. The molecule has 0 aromatic heterocycles. The molecular formula is C15H20FNO3. The number of rotatable bonds is 7. The first-order valence-corrected chi connectivity index (χ1v) is 6.69. The number of nitrogens with zero attached hydrogens (tertiary/aromatic N) is 1. The second-order valence-corrected chi connectivity index (χ2v) is 4.89. The number of benzene rings is 1. The third-order valence-electron chi connectivity index (χ3n) is 3.02. The molecule has 4 nitrogen and oxygen atoms in total. The van der Waals surface area contributed by atoms with Crippen LogP contribution in [0.4, 0.5) is 4.39 Å². The lowest BCUT2D eigenvalue weighted by molar-refractivity contribution is -0.143. The number of hydrogen-bond donors (Lipinski definition) is 1. The molecule has 1 aromatic rings. The Labute approximate surface area is 118 Å². The molecule has 0 aliphatic carbocycles. The van der Waals surface area contributed by atoms with Crippen LogP contribution in [0.3, 0.4) is 0 Å². The zero-order valence-corrected chi connectivity index (χ0v) is 11.8. The summed E-state index contributed by atoms with van der Waals surface area (Å²) in [6.45, 7) is 3.93. The van der Waals surface area contributed by atoms with E-state index < -0.39 is 11.9 Å². The van der Waals surface area contributed by atoms with Gasteiger partial charge in [-0.1, -0.05) is 26.0 Å². The Morgan fingerprint density at radius 3 is 2.40 bits per heavy atom. The summed E-state index contributed by atoms with van der Waals surface area (Å²) in [6, 6.07) is 5.87. The largest absolute Gasteiger partial charge is 0.481 e. The maximum Gasteiger partial charge on any atom is 0.308 e. The smallest absolute Gasteiger partial charge is 0.308 e. The van der Waals surface area contributed by atoms with Gasteiger partial charge in [-0.05, 0) is 24.1 Å². The van der Waals surface area contributed by atoms with Crippen LogP contribution in [-0.4, -0.2) is 28.4 Å². The van der Waals surface area contributed by atoms with Crippen molar-refractivity contribution in [1.82, 2.24) is 4.90 Å². The first-order chi connectivity index (χ1) is 9.43. The molecule has 1 N–H and O–H groups in total. The van der Waals surface area contributed by atoms with Gasteiger partial charge in [0.25, 0.3) is 0 Å². The van der Waals surface area contributed by atoms with Crippen LogP contribution in [0.25, 0.3) is 0 Å². The Hall–Kier alpha value is -1.91. The molecule has 0 spiro atoms. The van der Waals surface area contributed by atoms with Gasteiger partial charge in [-0.3, -0.25) is 9.59 Å². The van der Waals surface area contributed by atoms with Crippen molar-refractivity contribution in [2.45, 2.75) is 33.2 Å².